The molecule has 0 bridgehead atoms. The van der Waals surface area contributed by atoms with Crippen molar-refractivity contribution < 1.29 is 9.50 Å². The maximum Gasteiger partial charge on any atom is 0.150 e. The molecule has 29 heavy (non-hydrogen) atoms. The van der Waals surface area contributed by atoms with Crippen LogP contribution < -0.4 is 4.90 Å². The highest BCUT2D eigenvalue weighted by Gasteiger charge is 2.22. The van der Waals surface area contributed by atoms with Crippen LogP contribution in [-0.2, 0) is 0 Å². The fourth-order valence-electron chi connectivity index (χ4n) is 4.13. The molecule has 3 heterocycles. The van der Waals surface area contributed by atoms with Crippen molar-refractivity contribution in [3.63, 3.8) is 0 Å². The number of anilines is 1. The lowest BCUT2D eigenvalue weighted by atomic mass is 10.0. The van der Waals surface area contributed by atoms with E-state index in [0.717, 1.165) is 55.0 Å². The van der Waals surface area contributed by atoms with Gasteiger partial charge in [-0.25, -0.2) is 4.39 Å². The van der Waals surface area contributed by atoms with Crippen molar-refractivity contribution in [2.75, 3.05) is 37.6 Å². The molecule has 4 aromatic rings. The number of H-pyrrole nitrogens is 1. The molecule has 5 nitrogen and oxygen atoms in total. The number of aromatic nitrogens is 2. The Morgan fingerprint density at radius 1 is 1.10 bits per heavy atom. The Balaban J connectivity index is 1.19. The Labute approximate surface area is 172 Å². The number of hydrogen-bond donors (Lipinski definition) is 2. The Hall–Kier alpha value is -2.48. The van der Waals surface area contributed by atoms with E-state index >= 15 is 0 Å². The van der Waals surface area contributed by atoms with Crippen LogP contribution in [0.25, 0.3) is 21.0 Å². The molecule has 7 heteroatoms. The molecule has 1 fully saturated rings. The monoisotopic (exact) mass is 410 g/mol. The van der Waals surface area contributed by atoms with Crippen molar-refractivity contribution >= 4 is 38.3 Å². The van der Waals surface area contributed by atoms with Crippen LogP contribution in [0.5, 0.6) is 0 Å². The molecule has 150 valence electrons. The van der Waals surface area contributed by atoms with E-state index in [1.165, 1.54) is 22.2 Å². The first-order valence-electron chi connectivity index (χ1n) is 9.95. The minimum atomic E-state index is -0.605. The summed E-state index contributed by atoms with van der Waals surface area (Å²) in [7, 11) is 0. The van der Waals surface area contributed by atoms with Crippen LogP contribution in [-0.4, -0.2) is 52.1 Å². The first-order valence-corrected chi connectivity index (χ1v) is 10.7. The predicted molar refractivity (Wildman–Crippen MR) is 116 cm³/mol. The van der Waals surface area contributed by atoms with Crippen molar-refractivity contribution in [3.05, 3.63) is 60.0 Å². The summed E-state index contributed by atoms with van der Waals surface area (Å²) in [5, 5.41) is 12.7. The number of nitrogens with one attached hydrogen (secondary N) is 1. The van der Waals surface area contributed by atoms with E-state index in [0.29, 0.717) is 6.42 Å². The average Bonchev–Trinajstić information content (AvgIpc) is 3.36. The first kappa shape index (κ1) is 18.5. The number of benzene rings is 2. The number of aliphatic hydroxyl groups excluding tert-OH is 1. The van der Waals surface area contributed by atoms with Gasteiger partial charge in [0.25, 0.3) is 0 Å². The van der Waals surface area contributed by atoms with Crippen molar-refractivity contribution in [2.45, 2.75) is 12.5 Å². The van der Waals surface area contributed by atoms with E-state index in [1.54, 1.807) is 23.8 Å². The van der Waals surface area contributed by atoms with Gasteiger partial charge in [-0.05, 0) is 48.3 Å². The summed E-state index contributed by atoms with van der Waals surface area (Å²) in [4.78, 5) is 7.85. The number of aliphatic hydroxyl groups is 1. The number of fused-ring (bicyclic) bond motifs is 2. The fraction of sp³-hybridized carbons (Fsp3) is 0.318. The summed E-state index contributed by atoms with van der Waals surface area (Å²) in [6, 6.07) is 13.0. The maximum atomic E-state index is 13.6. The van der Waals surface area contributed by atoms with Gasteiger partial charge in [-0.1, -0.05) is 12.1 Å². The van der Waals surface area contributed by atoms with Crippen LogP contribution >= 0.6 is 11.5 Å². The Kier molecular flexibility index (Phi) is 4.95. The number of hydrogen-bond acceptors (Lipinski definition) is 5. The van der Waals surface area contributed by atoms with Gasteiger partial charge in [0, 0.05) is 60.8 Å². The molecule has 0 radical (unpaired) electrons. The zero-order valence-corrected chi connectivity index (χ0v) is 16.8. The smallest absolute Gasteiger partial charge is 0.150 e. The van der Waals surface area contributed by atoms with Gasteiger partial charge in [0.2, 0.25) is 0 Å². The molecule has 1 aliphatic heterocycles. The minimum Gasteiger partial charge on any atom is -0.388 e. The minimum absolute atomic E-state index is 0.281. The molecule has 1 saturated heterocycles. The van der Waals surface area contributed by atoms with Crippen molar-refractivity contribution in [3.8, 4) is 0 Å². The molecule has 2 aromatic carbocycles. The van der Waals surface area contributed by atoms with E-state index in [4.69, 9.17) is 0 Å². The summed E-state index contributed by atoms with van der Waals surface area (Å²) < 4.78 is 19.5. The lowest BCUT2D eigenvalue weighted by Gasteiger charge is -2.35. The van der Waals surface area contributed by atoms with Gasteiger partial charge >= 0.3 is 0 Å². The highest BCUT2D eigenvalue weighted by Crippen LogP contribution is 2.30. The van der Waals surface area contributed by atoms with Gasteiger partial charge in [0.15, 0.2) is 0 Å². The lowest BCUT2D eigenvalue weighted by molar-refractivity contribution is 0.140. The summed E-state index contributed by atoms with van der Waals surface area (Å²) in [5.41, 5.74) is 1.62. The number of aromatic amines is 1. The van der Waals surface area contributed by atoms with Gasteiger partial charge < -0.3 is 15.0 Å². The standard InChI is InChI=1S/C22H23FN4OS/c23-15-5-6-19-17(13-15)18(14-24-19)20(28)7-8-26-9-11-27(12-10-26)22-16-3-1-2-4-21(16)29-25-22/h1-6,13-14,20,24,28H,7-12H2. The third kappa shape index (κ3) is 3.61. The number of nitrogens with zero attached hydrogens (tertiary/aromatic N) is 3. The normalized spacial score (nSPS) is 16.7. The van der Waals surface area contributed by atoms with Crippen LogP contribution in [0.2, 0.25) is 0 Å². The number of rotatable bonds is 5. The van der Waals surface area contributed by atoms with Crippen LogP contribution in [0.15, 0.2) is 48.7 Å². The van der Waals surface area contributed by atoms with Gasteiger partial charge in [-0.15, -0.1) is 0 Å². The SMILES string of the molecule is OC(CCN1CCN(c2nsc3ccccc23)CC1)c1c[nH]c2ccc(F)cc12. The first-order chi connectivity index (χ1) is 14.2. The Morgan fingerprint density at radius 3 is 2.79 bits per heavy atom. The molecular weight excluding hydrogens is 387 g/mol. The molecule has 2 N–H and O–H groups in total. The molecule has 0 saturated carbocycles. The molecule has 0 spiro atoms. The van der Waals surface area contributed by atoms with Crippen LogP contribution in [0.1, 0.15) is 18.1 Å². The maximum absolute atomic E-state index is 13.6. The predicted octanol–water partition coefficient (Wildman–Crippen LogP) is 4.16. The van der Waals surface area contributed by atoms with Gasteiger partial charge in [-0.2, -0.15) is 4.37 Å². The van der Waals surface area contributed by atoms with Crippen molar-refractivity contribution in [1.29, 1.82) is 0 Å². The number of halogens is 1. The molecule has 1 aliphatic rings. The summed E-state index contributed by atoms with van der Waals surface area (Å²) in [6.45, 7) is 4.57. The Morgan fingerprint density at radius 2 is 1.93 bits per heavy atom. The summed E-state index contributed by atoms with van der Waals surface area (Å²) in [5.74, 6) is 0.808. The third-order valence-electron chi connectivity index (χ3n) is 5.78. The van der Waals surface area contributed by atoms with Crippen LogP contribution in [0.4, 0.5) is 10.2 Å². The molecule has 1 atom stereocenters. The quantitative estimate of drug-likeness (QED) is 0.519. The fourth-order valence-corrected chi connectivity index (χ4v) is 4.93. The van der Waals surface area contributed by atoms with E-state index < -0.39 is 6.10 Å². The van der Waals surface area contributed by atoms with Gasteiger partial charge in [-0.3, -0.25) is 4.90 Å². The van der Waals surface area contributed by atoms with Crippen LogP contribution in [0, 0.1) is 5.82 Å². The largest absolute Gasteiger partial charge is 0.388 e. The van der Waals surface area contributed by atoms with Crippen molar-refractivity contribution in [1.82, 2.24) is 14.3 Å². The van der Waals surface area contributed by atoms with Gasteiger partial charge in [0.1, 0.15) is 11.6 Å². The second-order valence-corrected chi connectivity index (χ2v) is 8.37. The molecular formula is C22H23FN4OS. The van der Waals surface area contributed by atoms with Gasteiger partial charge in [0.05, 0.1) is 10.8 Å². The highest BCUT2D eigenvalue weighted by atomic mass is 32.1. The lowest BCUT2D eigenvalue weighted by Crippen LogP contribution is -2.47. The molecule has 2 aromatic heterocycles. The highest BCUT2D eigenvalue weighted by molar-refractivity contribution is 7.13. The van der Waals surface area contributed by atoms with E-state index in [-0.39, 0.29) is 5.82 Å². The molecule has 5 rings (SSSR count). The Bertz CT molecular complexity index is 1130. The summed E-state index contributed by atoms with van der Waals surface area (Å²) in [6.07, 6.45) is 1.81. The number of piperazine rings is 1. The third-order valence-corrected chi connectivity index (χ3v) is 6.60. The molecule has 0 amide bonds. The van der Waals surface area contributed by atoms with E-state index in [2.05, 4.69) is 43.4 Å². The summed E-state index contributed by atoms with van der Waals surface area (Å²) >= 11 is 1.55. The zero-order valence-electron chi connectivity index (χ0n) is 16.0. The molecule has 0 aliphatic carbocycles. The van der Waals surface area contributed by atoms with Crippen molar-refractivity contribution in [2.24, 2.45) is 0 Å². The zero-order chi connectivity index (χ0) is 19.8. The van der Waals surface area contributed by atoms with E-state index in [9.17, 15) is 9.50 Å². The second kappa shape index (κ2) is 7.74. The topological polar surface area (TPSA) is 55.4 Å². The van der Waals surface area contributed by atoms with Crippen LogP contribution in [0.3, 0.4) is 0 Å². The second-order valence-electron chi connectivity index (χ2n) is 7.57. The van der Waals surface area contributed by atoms with E-state index in [1.807, 2.05) is 0 Å². The molecule has 1 unspecified atom stereocenters. The average molecular weight is 411 g/mol.